The zero-order valence-electron chi connectivity index (χ0n) is 9.72. The predicted molar refractivity (Wildman–Crippen MR) is 73.8 cm³/mol. The summed E-state index contributed by atoms with van der Waals surface area (Å²) in [5.74, 6) is -0.397. The molecule has 0 aromatic heterocycles. The van der Waals surface area contributed by atoms with E-state index >= 15 is 0 Å². The lowest BCUT2D eigenvalue weighted by atomic mass is 10.0. The van der Waals surface area contributed by atoms with Gasteiger partial charge >= 0.3 is 0 Å². The number of hydrogen-bond acceptors (Lipinski definition) is 3. The van der Waals surface area contributed by atoms with Crippen LogP contribution in [-0.2, 0) is 4.79 Å². The van der Waals surface area contributed by atoms with Gasteiger partial charge in [0.1, 0.15) is 0 Å². The first-order valence-corrected chi connectivity index (χ1v) is 6.00. The Hall–Kier alpha value is -2.33. The molecule has 5 heteroatoms. The normalized spacial score (nSPS) is 15.4. The average Bonchev–Trinajstić information content (AvgIpc) is 2.74. The van der Waals surface area contributed by atoms with E-state index in [0.29, 0.717) is 16.3 Å². The fraction of sp³-hybridized carbons (Fsp3) is 0. The van der Waals surface area contributed by atoms with Crippen molar-refractivity contribution in [1.82, 2.24) is 0 Å². The zero-order chi connectivity index (χ0) is 13.4. The van der Waals surface area contributed by atoms with Crippen LogP contribution >= 0.6 is 11.6 Å². The summed E-state index contributed by atoms with van der Waals surface area (Å²) in [6.07, 6.45) is 0. The van der Waals surface area contributed by atoms with Gasteiger partial charge in [-0.1, -0.05) is 35.0 Å². The lowest BCUT2D eigenvalue weighted by Crippen LogP contribution is -2.13. The van der Waals surface area contributed by atoms with Crippen LogP contribution in [0.25, 0.3) is 11.1 Å². The molecular formula is C14H9ClN2O2. The van der Waals surface area contributed by atoms with Crippen LogP contribution in [0.2, 0.25) is 5.02 Å². The first-order valence-electron chi connectivity index (χ1n) is 5.63. The lowest BCUT2D eigenvalue weighted by Gasteiger charge is -2.04. The Labute approximate surface area is 114 Å². The summed E-state index contributed by atoms with van der Waals surface area (Å²) < 4.78 is 0. The van der Waals surface area contributed by atoms with E-state index < -0.39 is 5.91 Å². The van der Waals surface area contributed by atoms with Crippen molar-refractivity contribution < 1.29 is 10.0 Å². The van der Waals surface area contributed by atoms with Crippen molar-refractivity contribution in [2.45, 2.75) is 0 Å². The topological polar surface area (TPSA) is 61.7 Å². The summed E-state index contributed by atoms with van der Waals surface area (Å²) in [5, 5.41) is 15.2. The van der Waals surface area contributed by atoms with Gasteiger partial charge in [-0.15, -0.1) is 0 Å². The van der Waals surface area contributed by atoms with Crippen LogP contribution in [0.3, 0.4) is 0 Å². The Morgan fingerprint density at radius 2 is 1.74 bits per heavy atom. The van der Waals surface area contributed by atoms with E-state index in [0.717, 1.165) is 11.1 Å². The SMILES string of the molecule is O=C1Nc2ccc(-c3ccc(Cl)cc3)cc2C1=NO. The summed E-state index contributed by atoms with van der Waals surface area (Å²) in [7, 11) is 0. The fourth-order valence-electron chi connectivity index (χ4n) is 2.07. The molecule has 2 aromatic rings. The summed E-state index contributed by atoms with van der Waals surface area (Å²) in [4.78, 5) is 11.5. The van der Waals surface area contributed by atoms with E-state index in [4.69, 9.17) is 16.8 Å². The van der Waals surface area contributed by atoms with Crippen LogP contribution < -0.4 is 5.32 Å². The van der Waals surface area contributed by atoms with Crippen molar-refractivity contribution in [2.24, 2.45) is 5.16 Å². The fourth-order valence-corrected chi connectivity index (χ4v) is 2.20. The van der Waals surface area contributed by atoms with E-state index in [1.165, 1.54) is 0 Å². The third-order valence-electron chi connectivity index (χ3n) is 3.02. The number of carbonyl (C=O) groups is 1. The number of carbonyl (C=O) groups excluding carboxylic acids is 1. The molecule has 19 heavy (non-hydrogen) atoms. The van der Waals surface area contributed by atoms with Crippen LogP contribution in [0.15, 0.2) is 47.6 Å². The van der Waals surface area contributed by atoms with Gasteiger partial charge in [0.25, 0.3) is 5.91 Å². The highest BCUT2D eigenvalue weighted by molar-refractivity contribution is 6.53. The van der Waals surface area contributed by atoms with Crippen LogP contribution in [0, 0.1) is 0 Å². The van der Waals surface area contributed by atoms with Gasteiger partial charge in [-0.2, -0.15) is 0 Å². The molecule has 0 bridgehead atoms. The Morgan fingerprint density at radius 3 is 2.42 bits per heavy atom. The second-order valence-corrected chi connectivity index (χ2v) is 4.61. The molecule has 4 nitrogen and oxygen atoms in total. The van der Waals surface area contributed by atoms with Gasteiger partial charge in [0.2, 0.25) is 0 Å². The molecule has 0 unspecified atom stereocenters. The van der Waals surface area contributed by atoms with Gasteiger partial charge in [-0.3, -0.25) is 4.79 Å². The predicted octanol–water partition coefficient (Wildman–Crippen LogP) is 3.14. The summed E-state index contributed by atoms with van der Waals surface area (Å²) in [6.45, 7) is 0. The van der Waals surface area contributed by atoms with Crippen molar-refractivity contribution in [3.05, 3.63) is 53.1 Å². The Kier molecular flexibility index (Phi) is 2.72. The minimum absolute atomic E-state index is 0.0332. The van der Waals surface area contributed by atoms with E-state index in [2.05, 4.69) is 10.5 Å². The molecule has 0 spiro atoms. The molecule has 94 valence electrons. The average molecular weight is 273 g/mol. The number of benzene rings is 2. The molecule has 0 aliphatic carbocycles. The Balaban J connectivity index is 2.10. The molecule has 1 amide bonds. The second-order valence-electron chi connectivity index (χ2n) is 4.17. The van der Waals surface area contributed by atoms with Crippen molar-refractivity contribution >= 4 is 28.9 Å². The first-order chi connectivity index (χ1) is 9.19. The standard InChI is InChI=1S/C14H9ClN2O2/c15-10-4-1-8(2-5-10)9-3-6-12-11(7-9)13(17-19)14(18)16-12/h1-7,19H,(H,16,17,18). The van der Waals surface area contributed by atoms with Gasteiger partial charge < -0.3 is 10.5 Å². The quantitative estimate of drug-likeness (QED) is 0.619. The van der Waals surface area contributed by atoms with Gasteiger partial charge in [0, 0.05) is 10.6 Å². The maximum atomic E-state index is 11.5. The van der Waals surface area contributed by atoms with Crippen molar-refractivity contribution in [3.63, 3.8) is 0 Å². The molecule has 1 heterocycles. The summed E-state index contributed by atoms with van der Waals surface area (Å²) in [5.41, 5.74) is 3.18. The van der Waals surface area contributed by atoms with E-state index in [9.17, 15) is 4.79 Å². The number of nitrogens with zero attached hydrogens (tertiary/aromatic N) is 1. The molecule has 0 saturated heterocycles. The summed E-state index contributed by atoms with van der Waals surface area (Å²) in [6, 6.07) is 12.9. The van der Waals surface area contributed by atoms with Gasteiger partial charge in [0.15, 0.2) is 5.71 Å². The smallest absolute Gasteiger partial charge is 0.278 e. The minimum Gasteiger partial charge on any atom is -0.410 e. The van der Waals surface area contributed by atoms with Gasteiger partial charge in [0.05, 0.1) is 5.69 Å². The lowest BCUT2D eigenvalue weighted by molar-refractivity contribution is -0.110. The first kappa shape index (κ1) is 11.7. The van der Waals surface area contributed by atoms with Crippen molar-refractivity contribution in [1.29, 1.82) is 0 Å². The number of amides is 1. The number of fused-ring (bicyclic) bond motifs is 1. The Morgan fingerprint density at radius 1 is 1.05 bits per heavy atom. The van der Waals surface area contributed by atoms with E-state index in [-0.39, 0.29) is 5.71 Å². The maximum absolute atomic E-state index is 11.5. The highest BCUT2D eigenvalue weighted by Crippen LogP contribution is 2.29. The zero-order valence-corrected chi connectivity index (χ0v) is 10.5. The maximum Gasteiger partial charge on any atom is 0.278 e. The third-order valence-corrected chi connectivity index (χ3v) is 3.27. The molecule has 0 radical (unpaired) electrons. The third kappa shape index (κ3) is 1.96. The molecule has 0 saturated carbocycles. The molecule has 0 atom stereocenters. The van der Waals surface area contributed by atoms with Gasteiger partial charge in [-0.25, -0.2) is 0 Å². The number of oxime groups is 1. The number of nitrogens with one attached hydrogen (secondary N) is 1. The molecule has 2 N–H and O–H groups in total. The molecule has 3 rings (SSSR count). The monoisotopic (exact) mass is 272 g/mol. The van der Waals surface area contributed by atoms with E-state index in [1.807, 2.05) is 24.3 Å². The molecule has 0 fully saturated rings. The highest BCUT2D eigenvalue weighted by Gasteiger charge is 2.26. The second kappa shape index (κ2) is 4.40. The van der Waals surface area contributed by atoms with Crippen molar-refractivity contribution in [3.8, 4) is 11.1 Å². The molecule has 1 aliphatic rings. The number of rotatable bonds is 1. The minimum atomic E-state index is -0.397. The Bertz CT molecular complexity index is 693. The number of hydrogen-bond donors (Lipinski definition) is 2. The van der Waals surface area contributed by atoms with Crippen LogP contribution in [0.1, 0.15) is 5.56 Å². The number of anilines is 1. The van der Waals surface area contributed by atoms with Crippen LogP contribution in [0.5, 0.6) is 0 Å². The van der Waals surface area contributed by atoms with Gasteiger partial charge in [-0.05, 0) is 35.4 Å². The summed E-state index contributed by atoms with van der Waals surface area (Å²) >= 11 is 5.85. The largest absolute Gasteiger partial charge is 0.410 e. The van der Waals surface area contributed by atoms with Crippen LogP contribution in [0.4, 0.5) is 5.69 Å². The number of halogens is 1. The van der Waals surface area contributed by atoms with Crippen molar-refractivity contribution in [2.75, 3.05) is 5.32 Å². The van der Waals surface area contributed by atoms with E-state index in [1.54, 1.807) is 18.2 Å². The molecular weight excluding hydrogens is 264 g/mol. The molecule has 2 aromatic carbocycles. The molecule has 1 aliphatic heterocycles. The highest BCUT2D eigenvalue weighted by atomic mass is 35.5. The van der Waals surface area contributed by atoms with Crippen LogP contribution in [-0.4, -0.2) is 16.8 Å².